The molecule has 128 valence electrons. The van der Waals surface area contributed by atoms with Crippen LogP contribution in [0.15, 0.2) is 0 Å². The molecule has 2 heterocycles. The highest BCUT2D eigenvalue weighted by Gasteiger charge is 2.35. The molecular weight excluding hydrogens is 354 g/mol. The Bertz CT molecular complexity index is 741. The van der Waals surface area contributed by atoms with Crippen LogP contribution >= 0.6 is 22.9 Å². The predicted octanol–water partition coefficient (Wildman–Crippen LogP) is 1.77. The molecule has 1 aromatic rings. The van der Waals surface area contributed by atoms with Crippen LogP contribution in [0.4, 0.5) is 5.00 Å². The maximum atomic E-state index is 12.6. The lowest BCUT2D eigenvalue weighted by atomic mass is 10.1. The zero-order valence-corrected chi connectivity index (χ0v) is 14.5. The van der Waals surface area contributed by atoms with Gasteiger partial charge in [0.2, 0.25) is 17.7 Å². The van der Waals surface area contributed by atoms with E-state index in [1.54, 1.807) is 0 Å². The molecular formula is C15H16ClN3O4S. The molecule has 0 aromatic carbocycles. The third-order valence-electron chi connectivity index (χ3n) is 3.88. The molecule has 3 rings (SSSR count). The maximum absolute atomic E-state index is 12.6. The van der Waals surface area contributed by atoms with E-state index >= 15 is 0 Å². The van der Waals surface area contributed by atoms with E-state index in [0.717, 1.165) is 17.7 Å². The third kappa shape index (κ3) is 3.44. The second-order valence-electron chi connectivity index (χ2n) is 5.92. The lowest BCUT2D eigenvalue weighted by molar-refractivity contribution is -0.134. The van der Waals surface area contributed by atoms with Crippen LogP contribution in [0, 0.1) is 0 Å². The second kappa shape index (κ2) is 6.52. The molecule has 4 amide bonds. The topological polar surface area (TPSA) is 104 Å². The second-order valence-corrected chi connectivity index (χ2v) is 7.35. The minimum Gasteiger partial charge on any atom is -0.340 e. The average Bonchev–Trinajstić information content (AvgIpc) is 3.27. The Morgan fingerprint density at radius 1 is 1.25 bits per heavy atom. The lowest BCUT2D eigenvalue weighted by Gasteiger charge is -2.22. The molecule has 1 aliphatic heterocycles. The number of carbonyl (C=O) groups excluding carboxylic acids is 4. The van der Waals surface area contributed by atoms with E-state index in [2.05, 4.69) is 16.0 Å². The Kier molecular flexibility index (Phi) is 4.60. The minimum absolute atomic E-state index is 0.167. The van der Waals surface area contributed by atoms with Crippen molar-refractivity contribution in [1.82, 2.24) is 10.6 Å². The number of amides is 4. The fourth-order valence-electron chi connectivity index (χ4n) is 2.55. The van der Waals surface area contributed by atoms with Crippen molar-refractivity contribution in [2.45, 2.75) is 44.6 Å². The normalized spacial score (nSPS) is 20.5. The van der Waals surface area contributed by atoms with Crippen molar-refractivity contribution < 1.29 is 19.2 Å². The predicted molar refractivity (Wildman–Crippen MR) is 89.2 cm³/mol. The molecule has 7 nitrogen and oxygen atoms in total. The summed E-state index contributed by atoms with van der Waals surface area (Å²) in [6, 6.07) is -0.791. The van der Waals surface area contributed by atoms with Crippen molar-refractivity contribution in [3.05, 3.63) is 15.5 Å². The van der Waals surface area contributed by atoms with Crippen LogP contribution < -0.4 is 16.0 Å². The maximum Gasteiger partial charge on any atom is 0.256 e. The Morgan fingerprint density at radius 2 is 1.96 bits per heavy atom. The molecule has 1 aromatic heterocycles. The van der Waals surface area contributed by atoms with Crippen LogP contribution in [0.1, 0.15) is 53.8 Å². The molecule has 1 saturated heterocycles. The summed E-state index contributed by atoms with van der Waals surface area (Å²) in [6.07, 6.45) is 2.42. The highest BCUT2D eigenvalue weighted by molar-refractivity contribution is 7.17. The summed E-state index contributed by atoms with van der Waals surface area (Å²) in [5.74, 6) is -1.39. The quantitative estimate of drug-likeness (QED) is 0.703. The number of hydrogen-bond acceptors (Lipinski definition) is 5. The number of hydrogen-bond donors (Lipinski definition) is 3. The van der Waals surface area contributed by atoms with Crippen LogP contribution in [0.2, 0.25) is 5.02 Å². The largest absolute Gasteiger partial charge is 0.340 e. The number of piperidine rings is 1. The van der Waals surface area contributed by atoms with Crippen LogP contribution in [0.25, 0.3) is 0 Å². The summed E-state index contributed by atoms with van der Waals surface area (Å²) >= 11 is 7.66. The molecule has 1 atom stereocenters. The number of anilines is 1. The number of rotatable bonds is 4. The molecule has 2 fully saturated rings. The van der Waals surface area contributed by atoms with E-state index in [4.69, 9.17) is 11.6 Å². The molecule has 2 aliphatic rings. The van der Waals surface area contributed by atoms with Crippen LogP contribution in [-0.4, -0.2) is 29.7 Å². The molecule has 1 aliphatic carbocycles. The zero-order valence-electron chi connectivity index (χ0n) is 12.9. The minimum atomic E-state index is -0.791. The molecule has 9 heteroatoms. The van der Waals surface area contributed by atoms with Crippen molar-refractivity contribution in [2.75, 3.05) is 5.32 Å². The molecule has 3 N–H and O–H groups in total. The molecule has 0 radical (unpaired) electrons. The Balaban J connectivity index is 1.84. The van der Waals surface area contributed by atoms with Gasteiger partial charge in [-0.25, -0.2) is 0 Å². The van der Waals surface area contributed by atoms with Crippen molar-refractivity contribution in [1.29, 1.82) is 0 Å². The number of imide groups is 1. The molecule has 24 heavy (non-hydrogen) atoms. The number of nitrogens with one attached hydrogen (secondary N) is 3. The van der Waals surface area contributed by atoms with Gasteiger partial charge in [-0.2, -0.15) is 0 Å². The lowest BCUT2D eigenvalue weighted by Crippen LogP contribution is -2.52. The van der Waals surface area contributed by atoms with Crippen molar-refractivity contribution in [2.24, 2.45) is 0 Å². The van der Waals surface area contributed by atoms with Crippen LogP contribution in [-0.2, 0) is 14.4 Å². The summed E-state index contributed by atoms with van der Waals surface area (Å²) in [7, 11) is 0. The van der Waals surface area contributed by atoms with E-state index in [0.29, 0.717) is 15.9 Å². The highest BCUT2D eigenvalue weighted by atomic mass is 35.5. The highest BCUT2D eigenvalue weighted by Crippen LogP contribution is 2.50. The number of carbonyl (C=O) groups is 4. The first-order valence-electron chi connectivity index (χ1n) is 7.61. The van der Waals surface area contributed by atoms with E-state index in [9.17, 15) is 19.2 Å². The first-order valence-corrected chi connectivity index (χ1v) is 8.80. The van der Waals surface area contributed by atoms with Gasteiger partial charge in [0.15, 0.2) is 0 Å². The molecule has 1 saturated carbocycles. The van der Waals surface area contributed by atoms with Gasteiger partial charge in [-0.15, -0.1) is 11.3 Å². The molecule has 0 bridgehead atoms. The number of halogens is 1. The summed E-state index contributed by atoms with van der Waals surface area (Å²) < 4.78 is 0. The fraction of sp³-hybridized carbons (Fsp3) is 0.467. The van der Waals surface area contributed by atoms with E-state index < -0.39 is 17.9 Å². The van der Waals surface area contributed by atoms with Gasteiger partial charge in [0, 0.05) is 18.2 Å². The van der Waals surface area contributed by atoms with E-state index in [1.807, 2.05) is 0 Å². The van der Waals surface area contributed by atoms with Gasteiger partial charge in [0.1, 0.15) is 11.0 Å². The third-order valence-corrected chi connectivity index (χ3v) is 5.66. The van der Waals surface area contributed by atoms with Gasteiger partial charge in [0.25, 0.3) is 5.91 Å². The van der Waals surface area contributed by atoms with E-state index in [1.165, 1.54) is 18.3 Å². The summed E-state index contributed by atoms with van der Waals surface area (Å²) in [6.45, 7) is 1.35. The standard InChI is InChI=1S/C15H16ClN3O4S/c1-6(20)17-15-10(11(16)12(24-15)7-2-3-7)14(23)18-8-4-5-9(21)19-13(8)22/h7-8H,2-5H2,1H3,(H,17,20)(H,18,23)(H,19,21,22). The van der Waals surface area contributed by atoms with Crippen molar-refractivity contribution in [3.8, 4) is 0 Å². The summed E-state index contributed by atoms with van der Waals surface area (Å²) in [5.41, 5.74) is 0.184. The van der Waals surface area contributed by atoms with Crippen molar-refractivity contribution in [3.63, 3.8) is 0 Å². The Labute approximate surface area is 147 Å². The van der Waals surface area contributed by atoms with Gasteiger partial charge < -0.3 is 10.6 Å². The fourth-order valence-corrected chi connectivity index (χ4v) is 4.36. The molecule has 0 spiro atoms. The zero-order chi connectivity index (χ0) is 17.4. The Morgan fingerprint density at radius 3 is 2.54 bits per heavy atom. The monoisotopic (exact) mass is 369 g/mol. The van der Waals surface area contributed by atoms with E-state index in [-0.39, 0.29) is 30.2 Å². The van der Waals surface area contributed by atoms with Gasteiger partial charge in [-0.05, 0) is 25.2 Å². The first-order chi connectivity index (χ1) is 11.4. The van der Waals surface area contributed by atoms with Gasteiger partial charge in [-0.1, -0.05) is 11.6 Å². The smallest absolute Gasteiger partial charge is 0.256 e. The van der Waals surface area contributed by atoms with Gasteiger partial charge in [-0.3, -0.25) is 24.5 Å². The molecule has 1 unspecified atom stereocenters. The van der Waals surface area contributed by atoms with Crippen molar-refractivity contribution >= 4 is 51.6 Å². The average molecular weight is 370 g/mol. The summed E-state index contributed by atoms with van der Waals surface area (Å²) in [5, 5.41) is 8.14. The Hall–Kier alpha value is -1.93. The van der Waals surface area contributed by atoms with Crippen LogP contribution in [0.3, 0.4) is 0 Å². The number of thiophene rings is 1. The van der Waals surface area contributed by atoms with Crippen LogP contribution in [0.5, 0.6) is 0 Å². The van der Waals surface area contributed by atoms with Gasteiger partial charge >= 0.3 is 0 Å². The first kappa shape index (κ1) is 16.9. The summed E-state index contributed by atoms with van der Waals surface area (Å²) in [4.78, 5) is 47.9. The SMILES string of the molecule is CC(=O)Nc1sc(C2CC2)c(Cl)c1C(=O)NC1CCC(=O)NC1=O. The van der Waals surface area contributed by atoms with Gasteiger partial charge in [0.05, 0.1) is 10.6 Å².